The minimum absolute atomic E-state index is 0.391. The van der Waals surface area contributed by atoms with E-state index in [-0.39, 0.29) is 0 Å². The number of aliphatic hydroxyl groups is 1. The van der Waals surface area contributed by atoms with E-state index < -0.39 is 5.60 Å². The minimum Gasteiger partial charge on any atom is -0.489 e. The Bertz CT molecular complexity index is 503. The van der Waals surface area contributed by atoms with Crippen molar-refractivity contribution in [3.63, 3.8) is 0 Å². The predicted molar refractivity (Wildman–Crippen MR) is 79.2 cm³/mol. The van der Waals surface area contributed by atoms with E-state index in [1.54, 1.807) is 0 Å². The van der Waals surface area contributed by atoms with Crippen LogP contribution in [0.1, 0.15) is 18.4 Å². The summed E-state index contributed by atoms with van der Waals surface area (Å²) in [6.07, 6.45) is 1.52. The van der Waals surface area contributed by atoms with Gasteiger partial charge >= 0.3 is 0 Å². The van der Waals surface area contributed by atoms with Crippen molar-refractivity contribution < 1.29 is 19.3 Å². The fourth-order valence-corrected chi connectivity index (χ4v) is 2.85. The molecule has 0 radical (unpaired) electrons. The summed E-state index contributed by atoms with van der Waals surface area (Å²) in [4.78, 5) is 0. The largest absolute Gasteiger partial charge is 0.489 e. The smallest absolute Gasteiger partial charge is 0.179 e. The Morgan fingerprint density at radius 2 is 2.10 bits per heavy atom. The highest BCUT2D eigenvalue weighted by Gasteiger charge is 2.31. The molecule has 1 saturated heterocycles. The number of hydrogen-bond donors (Lipinski definition) is 2. The molecule has 21 heavy (non-hydrogen) atoms. The second kappa shape index (κ2) is 6.40. The van der Waals surface area contributed by atoms with Gasteiger partial charge in [0.25, 0.3) is 0 Å². The molecular formula is C15H20ClNO4. The van der Waals surface area contributed by atoms with Crippen molar-refractivity contribution in [2.45, 2.75) is 25.0 Å². The molecule has 0 spiro atoms. The minimum atomic E-state index is -0.755. The first-order valence-corrected chi connectivity index (χ1v) is 7.63. The van der Waals surface area contributed by atoms with Gasteiger partial charge < -0.3 is 24.6 Å². The van der Waals surface area contributed by atoms with Crippen LogP contribution in [0.15, 0.2) is 12.1 Å². The van der Waals surface area contributed by atoms with E-state index in [4.69, 9.17) is 25.8 Å². The lowest BCUT2D eigenvalue weighted by Crippen LogP contribution is -2.40. The Hall–Kier alpha value is -1.01. The van der Waals surface area contributed by atoms with Gasteiger partial charge in [0.2, 0.25) is 0 Å². The molecule has 1 unspecified atom stereocenters. The van der Waals surface area contributed by atoms with E-state index in [2.05, 4.69) is 5.32 Å². The second-order valence-electron chi connectivity index (χ2n) is 5.59. The average molecular weight is 314 g/mol. The molecule has 6 heteroatoms. The lowest BCUT2D eigenvalue weighted by Gasteiger charge is -2.21. The van der Waals surface area contributed by atoms with Gasteiger partial charge in [-0.15, -0.1) is 0 Å². The first-order chi connectivity index (χ1) is 10.2. The zero-order valence-corrected chi connectivity index (χ0v) is 12.6. The topological polar surface area (TPSA) is 60.0 Å². The number of rotatable bonds is 4. The highest BCUT2D eigenvalue weighted by atomic mass is 35.5. The Kier molecular flexibility index (Phi) is 4.54. The second-order valence-corrected chi connectivity index (χ2v) is 5.99. The molecule has 5 nitrogen and oxygen atoms in total. The number of ether oxygens (including phenoxy) is 3. The number of hydrogen-bond acceptors (Lipinski definition) is 5. The Morgan fingerprint density at radius 3 is 2.90 bits per heavy atom. The molecule has 0 saturated carbocycles. The van der Waals surface area contributed by atoms with Crippen LogP contribution in [0, 0.1) is 0 Å². The monoisotopic (exact) mass is 313 g/mol. The molecule has 1 atom stereocenters. The van der Waals surface area contributed by atoms with Crippen molar-refractivity contribution in [3.8, 4) is 11.5 Å². The Morgan fingerprint density at radius 1 is 1.24 bits per heavy atom. The summed E-state index contributed by atoms with van der Waals surface area (Å²) >= 11 is 6.25. The summed E-state index contributed by atoms with van der Waals surface area (Å²) in [6.45, 7) is 3.38. The lowest BCUT2D eigenvalue weighted by atomic mass is 10.0. The van der Waals surface area contributed by atoms with E-state index in [9.17, 15) is 5.11 Å². The number of nitrogens with one attached hydrogen (secondary N) is 1. The van der Waals surface area contributed by atoms with E-state index in [1.807, 2.05) is 12.1 Å². The zero-order valence-electron chi connectivity index (χ0n) is 11.9. The molecule has 2 N–H and O–H groups in total. The maximum atomic E-state index is 10.2. The molecule has 1 aromatic rings. The predicted octanol–water partition coefficient (Wildman–Crippen LogP) is 1.74. The summed E-state index contributed by atoms with van der Waals surface area (Å²) in [5.41, 5.74) is 0.251. The molecular weight excluding hydrogens is 294 g/mol. The number of fused-ring (bicyclic) bond motifs is 1. The van der Waals surface area contributed by atoms with E-state index in [1.165, 1.54) is 0 Å². The van der Waals surface area contributed by atoms with Crippen molar-refractivity contribution in [1.82, 2.24) is 5.32 Å². The van der Waals surface area contributed by atoms with E-state index >= 15 is 0 Å². The van der Waals surface area contributed by atoms with Crippen LogP contribution in [0.25, 0.3) is 0 Å². The summed E-state index contributed by atoms with van der Waals surface area (Å²) in [5, 5.41) is 14.0. The van der Waals surface area contributed by atoms with Crippen molar-refractivity contribution in [2.24, 2.45) is 0 Å². The highest BCUT2D eigenvalue weighted by Crippen LogP contribution is 2.37. The van der Waals surface area contributed by atoms with Crippen LogP contribution in [0.3, 0.4) is 0 Å². The fraction of sp³-hybridized carbons (Fsp3) is 0.600. The fourth-order valence-electron chi connectivity index (χ4n) is 2.56. The maximum absolute atomic E-state index is 10.2. The van der Waals surface area contributed by atoms with Crippen molar-refractivity contribution >= 4 is 11.6 Å². The molecule has 0 bridgehead atoms. The third-order valence-electron chi connectivity index (χ3n) is 3.73. The molecule has 2 aliphatic heterocycles. The standard InChI is InChI=1S/C15H20ClNO4/c16-12-6-11(7-13-14(12)21-4-1-3-20-13)8-17-9-15(18)2-5-19-10-15/h6-7,17-18H,1-5,8-10H2. The first-order valence-electron chi connectivity index (χ1n) is 7.25. The molecule has 1 aromatic carbocycles. The molecule has 0 amide bonds. The molecule has 0 aromatic heterocycles. The maximum Gasteiger partial charge on any atom is 0.179 e. The van der Waals surface area contributed by atoms with Gasteiger partial charge in [-0.3, -0.25) is 0 Å². The van der Waals surface area contributed by atoms with Crippen molar-refractivity contribution in [3.05, 3.63) is 22.7 Å². The van der Waals surface area contributed by atoms with Gasteiger partial charge in [0.15, 0.2) is 11.5 Å². The van der Waals surface area contributed by atoms with Crippen LogP contribution in [-0.4, -0.2) is 43.7 Å². The quantitative estimate of drug-likeness (QED) is 0.887. The highest BCUT2D eigenvalue weighted by molar-refractivity contribution is 6.32. The SMILES string of the molecule is OC1(CNCc2cc(Cl)c3c(c2)OCCCO3)CCOC1. The van der Waals surface area contributed by atoms with Crippen LogP contribution >= 0.6 is 11.6 Å². The van der Waals surface area contributed by atoms with Crippen molar-refractivity contribution in [2.75, 3.05) is 33.0 Å². The van der Waals surface area contributed by atoms with Gasteiger partial charge in [0.1, 0.15) is 5.60 Å². The zero-order chi connectivity index (χ0) is 14.7. The summed E-state index contributed by atoms with van der Waals surface area (Å²) in [7, 11) is 0. The van der Waals surface area contributed by atoms with Crippen LogP contribution in [0.2, 0.25) is 5.02 Å². The summed E-state index contributed by atoms with van der Waals surface area (Å²) in [6, 6.07) is 3.81. The molecule has 1 fully saturated rings. The average Bonchev–Trinajstić information content (AvgIpc) is 2.73. The van der Waals surface area contributed by atoms with Gasteiger partial charge in [0.05, 0.1) is 24.8 Å². The van der Waals surface area contributed by atoms with E-state index in [0.717, 1.165) is 12.0 Å². The lowest BCUT2D eigenvalue weighted by molar-refractivity contribution is 0.0268. The summed E-state index contributed by atoms with van der Waals surface area (Å²) in [5.74, 6) is 1.32. The number of halogens is 1. The first kappa shape index (κ1) is 14.9. The Balaban J connectivity index is 1.63. The van der Waals surface area contributed by atoms with Gasteiger partial charge in [-0.2, -0.15) is 0 Å². The molecule has 2 aliphatic rings. The molecule has 116 valence electrons. The number of benzene rings is 1. The molecule has 2 heterocycles. The van der Waals surface area contributed by atoms with Crippen LogP contribution in [0.4, 0.5) is 0 Å². The van der Waals surface area contributed by atoms with Gasteiger partial charge in [-0.25, -0.2) is 0 Å². The van der Waals surface area contributed by atoms with Crippen molar-refractivity contribution in [1.29, 1.82) is 0 Å². The third-order valence-corrected chi connectivity index (χ3v) is 4.01. The van der Waals surface area contributed by atoms with E-state index in [0.29, 0.717) is 62.5 Å². The summed E-state index contributed by atoms with van der Waals surface area (Å²) < 4.78 is 16.5. The van der Waals surface area contributed by atoms with Gasteiger partial charge in [-0.1, -0.05) is 11.6 Å². The third kappa shape index (κ3) is 3.61. The Labute approximate surface area is 129 Å². The van der Waals surface area contributed by atoms with Crippen LogP contribution in [-0.2, 0) is 11.3 Å². The molecule has 0 aliphatic carbocycles. The van der Waals surface area contributed by atoms with Crippen LogP contribution in [0.5, 0.6) is 11.5 Å². The van der Waals surface area contributed by atoms with Gasteiger partial charge in [0, 0.05) is 32.5 Å². The van der Waals surface area contributed by atoms with Gasteiger partial charge in [-0.05, 0) is 17.7 Å². The molecule has 3 rings (SSSR count). The van der Waals surface area contributed by atoms with Crippen LogP contribution < -0.4 is 14.8 Å². The normalized spacial score (nSPS) is 24.9.